The first-order valence-corrected chi connectivity index (χ1v) is 6.19. The molecule has 2 rings (SSSR count). The quantitative estimate of drug-likeness (QED) is 0.905. The van der Waals surface area contributed by atoms with E-state index in [2.05, 4.69) is 15.3 Å². The van der Waals surface area contributed by atoms with Crippen molar-refractivity contribution in [2.75, 3.05) is 5.32 Å². The van der Waals surface area contributed by atoms with Gasteiger partial charge in [0, 0.05) is 0 Å². The fourth-order valence-corrected chi connectivity index (χ4v) is 1.77. The monoisotopic (exact) mass is 319 g/mol. The number of carbonyl (C=O) groups excluding carboxylic acids is 1. The summed E-state index contributed by atoms with van der Waals surface area (Å²) >= 11 is 0. The van der Waals surface area contributed by atoms with Crippen LogP contribution in [0.15, 0.2) is 24.3 Å². The molecule has 0 bridgehead atoms. The van der Waals surface area contributed by atoms with E-state index in [1.54, 1.807) is 12.1 Å². The predicted octanol–water partition coefficient (Wildman–Crippen LogP) is 2.35. The third-order valence-electron chi connectivity index (χ3n) is 2.83. The zero-order valence-electron chi connectivity index (χ0n) is 11.4. The van der Waals surface area contributed by atoms with Gasteiger partial charge in [0.05, 0.1) is 12.0 Å². The molecule has 0 atom stereocenters. The number of nitrogens with zero attached hydrogens (tertiary/aromatic N) is 3. The van der Waals surface area contributed by atoms with Crippen molar-refractivity contribution in [1.29, 1.82) is 10.5 Å². The maximum absolute atomic E-state index is 12.4. The largest absolute Gasteiger partial charge is 0.416 e. The van der Waals surface area contributed by atoms with Crippen LogP contribution in [-0.4, -0.2) is 15.9 Å². The van der Waals surface area contributed by atoms with Crippen molar-refractivity contribution in [2.24, 2.45) is 0 Å². The number of rotatable bonds is 3. The van der Waals surface area contributed by atoms with Gasteiger partial charge in [0.15, 0.2) is 11.4 Å². The molecule has 0 saturated carbocycles. The molecular weight excluding hydrogens is 311 g/mol. The van der Waals surface area contributed by atoms with Gasteiger partial charge >= 0.3 is 6.18 Å². The van der Waals surface area contributed by atoms with E-state index < -0.39 is 17.6 Å². The Kier molecular flexibility index (Phi) is 4.32. The molecule has 0 fully saturated rings. The van der Waals surface area contributed by atoms with Gasteiger partial charge in [0.25, 0.3) is 0 Å². The number of carbonyl (C=O) groups is 1. The summed E-state index contributed by atoms with van der Waals surface area (Å²) in [6.45, 7) is 0. The molecule has 2 aromatic rings. The maximum Gasteiger partial charge on any atom is 0.416 e. The number of anilines is 1. The Morgan fingerprint density at radius 3 is 2.35 bits per heavy atom. The number of imidazole rings is 1. The van der Waals surface area contributed by atoms with Crippen LogP contribution in [0.3, 0.4) is 0 Å². The van der Waals surface area contributed by atoms with Gasteiger partial charge in [-0.15, -0.1) is 0 Å². The Morgan fingerprint density at radius 2 is 1.87 bits per heavy atom. The number of hydrogen-bond donors (Lipinski definition) is 2. The molecule has 0 aliphatic heterocycles. The second-order valence-corrected chi connectivity index (χ2v) is 4.45. The van der Waals surface area contributed by atoms with Gasteiger partial charge in [-0.3, -0.25) is 10.1 Å². The molecule has 9 heteroatoms. The molecule has 0 aliphatic carbocycles. The molecule has 0 unspecified atom stereocenters. The molecule has 0 aliphatic rings. The Labute approximate surface area is 128 Å². The van der Waals surface area contributed by atoms with Crippen molar-refractivity contribution in [3.8, 4) is 12.1 Å². The van der Waals surface area contributed by atoms with Crippen molar-refractivity contribution < 1.29 is 18.0 Å². The third kappa shape index (κ3) is 3.86. The van der Waals surface area contributed by atoms with Crippen LogP contribution in [-0.2, 0) is 17.4 Å². The molecule has 1 aromatic heterocycles. The number of aromatic amines is 1. The molecule has 1 heterocycles. The number of nitrogens with one attached hydrogen (secondary N) is 2. The Bertz CT molecular complexity index is 777. The highest BCUT2D eigenvalue weighted by Crippen LogP contribution is 2.29. The summed E-state index contributed by atoms with van der Waals surface area (Å²) < 4.78 is 37.3. The molecule has 1 amide bonds. The Morgan fingerprint density at radius 1 is 1.22 bits per heavy atom. The zero-order chi connectivity index (χ0) is 17.0. The third-order valence-corrected chi connectivity index (χ3v) is 2.83. The number of hydrogen-bond acceptors (Lipinski definition) is 4. The summed E-state index contributed by atoms with van der Waals surface area (Å²) in [5.41, 5.74) is -0.664. The summed E-state index contributed by atoms with van der Waals surface area (Å²) in [6.07, 6.45) is -4.61. The van der Waals surface area contributed by atoms with Crippen LogP contribution in [0.1, 0.15) is 22.5 Å². The first-order valence-electron chi connectivity index (χ1n) is 6.19. The SMILES string of the molecule is N#Cc1nc(NC(=O)Cc2ccc(C(F)(F)F)cc2)[nH]c1C#N. The number of halogens is 3. The Balaban J connectivity index is 2.04. The van der Waals surface area contributed by atoms with E-state index in [9.17, 15) is 18.0 Å². The van der Waals surface area contributed by atoms with Gasteiger partial charge in [-0.25, -0.2) is 4.98 Å². The van der Waals surface area contributed by atoms with Gasteiger partial charge < -0.3 is 4.98 Å². The number of benzene rings is 1. The minimum absolute atomic E-state index is 0.0741. The van der Waals surface area contributed by atoms with Crippen LogP contribution in [0, 0.1) is 22.7 Å². The lowest BCUT2D eigenvalue weighted by molar-refractivity contribution is -0.137. The van der Waals surface area contributed by atoms with Crippen LogP contribution in [0.25, 0.3) is 0 Å². The summed E-state index contributed by atoms with van der Waals surface area (Å²) in [7, 11) is 0. The Hall–Kier alpha value is -3.33. The topological polar surface area (TPSA) is 105 Å². The highest BCUT2D eigenvalue weighted by atomic mass is 19.4. The second-order valence-electron chi connectivity index (χ2n) is 4.45. The van der Waals surface area contributed by atoms with Crippen molar-refractivity contribution in [1.82, 2.24) is 9.97 Å². The average molecular weight is 319 g/mol. The summed E-state index contributed by atoms with van der Waals surface area (Å²) in [6, 6.07) is 7.57. The van der Waals surface area contributed by atoms with Crippen molar-refractivity contribution in [2.45, 2.75) is 12.6 Å². The van der Waals surface area contributed by atoms with E-state index in [1.165, 1.54) is 12.1 Å². The molecule has 0 spiro atoms. The van der Waals surface area contributed by atoms with E-state index in [0.29, 0.717) is 5.56 Å². The lowest BCUT2D eigenvalue weighted by atomic mass is 10.1. The number of H-pyrrole nitrogens is 1. The summed E-state index contributed by atoms with van der Waals surface area (Å²) in [5.74, 6) is -0.623. The molecule has 116 valence electrons. The standard InChI is InChI=1S/C14H8F3N5O/c15-14(16,17)9-3-1-8(2-4-9)5-12(23)22-13-20-10(6-18)11(7-19)21-13/h1-4H,5H2,(H2,20,21,22,23). The van der Waals surface area contributed by atoms with E-state index >= 15 is 0 Å². The van der Waals surface area contributed by atoms with E-state index in [-0.39, 0.29) is 23.8 Å². The lowest BCUT2D eigenvalue weighted by Crippen LogP contribution is -2.15. The van der Waals surface area contributed by atoms with Gasteiger partial charge in [0.2, 0.25) is 11.9 Å². The minimum Gasteiger partial charge on any atom is -0.314 e. The van der Waals surface area contributed by atoms with Crippen LogP contribution in [0.2, 0.25) is 0 Å². The molecular formula is C14H8F3N5O. The van der Waals surface area contributed by atoms with Crippen LogP contribution in [0.4, 0.5) is 19.1 Å². The summed E-state index contributed by atoms with van der Waals surface area (Å²) in [5, 5.41) is 19.8. The number of alkyl halides is 3. The van der Waals surface area contributed by atoms with Gasteiger partial charge in [-0.2, -0.15) is 23.7 Å². The highest BCUT2D eigenvalue weighted by molar-refractivity contribution is 5.90. The van der Waals surface area contributed by atoms with Crippen LogP contribution in [0.5, 0.6) is 0 Å². The highest BCUT2D eigenvalue weighted by Gasteiger charge is 2.29. The smallest absolute Gasteiger partial charge is 0.314 e. The predicted molar refractivity (Wildman–Crippen MR) is 71.8 cm³/mol. The first kappa shape index (κ1) is 16.0. The van der Waals surface area contributed by atoms with Crippen LogP contribution < -0.4 is 5.32 Å². The number of aromatic nitrogens is 2. The zero-order valence-corrected chi connectivity index (χ0v) is 11.4. The molecule has 2 N–H and O–H groups in total. The summed E-state index contributed by atoms with van der Waals surface area (Å²) in [4.78, 5) is 18.0. The molecule has 1 aromatic carbocycles. The van der Waals surface area contributed by atoms with Crippen LogP contribution >= 0.6 is 0 Å². The van der Waals surface area contributed by atoms with Gasteiger partial charge in [-0.1, -0.05) is 12.1 Å². The van der Waals surface area contributed by atoms with E-state index in [1.807, 2.05) is 0 Å². The fourth-order valence-electron chi connectivity index (χ4n) is 1.77. The van der Waals surface area contributed by atoms with E-state index in [0.717, 1.165) is 12.1 Å². The minimum atomic E-state index is -4.43. The normalized spacial score (nSPS) is 10.7. The molecule has 23 heavy (non-hydrogen) atoms. The van der Waals surface area contributed by atoms with Gasteiger partial charge in [0.1, 0.15) is 12.1 Å². The average Bonchev–Trinajstić information content (AvgIpc) is 2.88. The van der Waals surface area contributed by atoms with Crippen molar-refractivity contribution in [3.63, 3.8) is 0 Å². The second kappa shape index (κ2) is 6.20. The maximum atomic E-state index is 12.4. The first-order chi connectivity index (χ1) is 10.8. The number of nitriles is 2. The van der Waals surface area contributed by atoms with E-state index in [4.69, 9.17) is 10.5 Å². The molecule has 0 saturated heterocycles. The van der Waals surface area contributed by atoms with Crippen molar-refractivity contribution >= 4 is 11.9 Å². The van der Waals surface area contributed by atoms with Gasteiger partial charge in [-0.05, 0) is 17.7 Å². The molecule has 6 nitrogen and oxygen atoms in total. The molecule has 0 radical (unpaired) electrons. The lowest BCUT2D eigenvalue weighted by Gasteiger charge is -2.07. The van der Waals surface area contributed by atoms with Crippen molar-refractivity contribution in [3.05, 3.63) is 46.8 Å². The number of amides is 1. The fraction of sp³-hybridized carbons (Fsp3) is 0.143.